The number of hydrogen-bond donors (Lipinski definition) is 1. The Kier molecular flexibility index (Phi) is 6.78. The highest BCUT2D eigenvalue weighted by atomic mass is 19.1. The molecule has 0 unspecified atom stereocenters. The highest BCUT2D eigenvalue weighted by Gasteiger charge is 2.23. The molecule has 5 heterocycles. The van der Waals surface area contributed by atoms with Gasteiger partial charge in [0, 0.05) is 49.4 Å². The summed E-state index contributed by atoms with van der Waals surface area (Å²) in [5.74, 6) is 0.537. The van der Waals surface area contributed by atoms with Crippen molar-refractivity contribution in [2.75, 3.05) is 61.1 Å². The van der Waals surface area contributed by atoms with Gasteiger partial charge in [0.15, 0.2) is 5.82 Å². The van der Waals surface area contributed by atoms with Crippen LogP contribution in [0.2, 0.25) is 0 Å². The smallest absolute Gasteiger partial charge is 0.152 e. The lowest BCUT2D eigenvalue weighted by Crippen LogP contribution is -2.41. The van der Waals surface area contributed by atoms with Crippen LogP contribution in [-0.4, -0.2) is 67.1 Å². The summed E-state index contributed by atoms with van der Waals surface area (Å²) < 4.78 is 25.7. The molecule has 2 aliphatic heterocycles. The predicted octanol–water partition coefficient (Wildman–Crippen LogP) is 4.94. The quantitative estimate of drug-likeness (QED) is 0.401. The van der Waals surface area contributed by atoms with Crippen molar-refractivity contribution in [2.24, 2.45) is 0 Å². The average molecular weight is 515 g/mol. The van der Waals surface area contributed by atoms with Crippen LogP contribution in [0.3, 0.4) is 0 Å². The Balaban J connectivity index is 1.49. The standard InChI is InChI=1S/C29H31FN6O2/c1-19-18-36(11-14-38-19)22-16-26(29(32-17-22)35-9-12-37-13-10-35)34-27-20(2)28(24-5-3-4-8-31-24)33-25-15-21(30)6-7-23(25)27/h3-8,15-17,19H,9-14,18H2,1-2H3,(H,33,34)/t19-/m1/s1. The van der Waals surface area contributed by atoms with E-state index in [0.29, 0.717) is 31.0 Å². The second-order valence-electron chi connectivity index (χ2n) is 9.75. The van der Waals surface area contributed by atoms with Crippen LogP contribution in [-0.2, 0) is 9.47 Å². The summed E-state index contributed by atoms with van der Waals surface area (Å²) in [7, 11) is 0. The van der Waals surface area contributed by atoms with Gasteiger partial charge in [-0.1, -0.05) is 6.07 Å². The molecule has 2 fully saturated rings. The number of nitrogens with zero attached hydrogens (tertiary/aromatic N) is 5. The van der Waals surface area contributed by atoms with E-state index in [4.69, 9.17) is 19.4 Å². The van der Waals surface area contributed by atoms with Crippen LogP contribution < -0.4 is 15.1 Å². The molecule has 2 saturated heterocycles. The molecule has 0 saturated carbocycles. The number of halogens is 1. The Morgan fingerprint density at radius 3 is 2.63 bits per heavy atom. The van der Waals surface area contributed by atoms with Gasteiger partial charge in [-0.25, -0.2) is 14.4 Å². The van der Waals surface area contributed by atoms with Gasteiger partial charge in [-0.2, -0.15) is 0 Å². The van der Waals surface area contributed by atoms with Gasteiger partial charge < -0.3 is 24.6 Å². The van der Waals surface area contributed by atoms with E-state index in [1.54, 1.807) is 12.3 Å². The zero-order chi connectivity index (χ0) is 26.1. The van der Waals surface area contributed by atoms with E-state index >= 15 is 0 Å². The van der Waals surface area contributed by atoms with E-state index in [-0.39, 0.29) is 11.9 Å². The highest BCUT2D eigenvalue weighted by Crippen LogP contribution is 2.38. The van der Waals surface area contributed by atoms with E-state index in [1.807, 2.05) is 31.3 Å². The van der Waals surface area contributed by atoms with Crippen molar-refractivity contribution < 1.29 is 13.9 Å². The molecule has 38 heavy (non-hydrogen) atoms. The fourth-order valence-electron chi connectivity index (χ4n) is 5.17. The second-order valence-corrected chi connectivity index (χ2v) is 9.75. The first-order valence-electron chi connectivity index (χ1n) is 13.0. The molecule has 1 atom stereocenters. The second kappa shape index (κ2) is 10.5. The SMILES string of the molecule is Cc1c(-c2ccccn2)nc2cc(F)ccc2c1Nc1cc(N2CCO[C@H](C)C2)cnc1N1CCOCC1. The van der Waals surface area contributed by atoms with Crippen molar-refractivity contribution >= 4 is 33.8 Å². The summed E-state index contributed by atoms with van der Waals surface area (Å²) in [5, 5.41) is 4.54. The molecule has 9 heteroatoms. The number of benzene rings is 1. The number of rotatable bonds is 5. The minimum absolute atomic E-state index is 0.154. The van der Waals surface area contributed by atoms with Crippen molar-refractivity contribution in [1.82, 2.24) is 15.0 Å². The number of fused-ring (bicyclic) bond motifs is 1. The van der Waals surface area contributed by atoms with Crippen LogP contribution >= 0.6 is 0 Å². The maximum atomic E-state index is 14.3. The number of aromatic nitrogens is 3. The van der Waals surface area contributed by atoms with Crippen molar-refractivity contribution in [3.8, 4) is 11.4 Å². The first kappa shape index (κ1) is 24.5. The van der Waals surface area contributed by atoms with Crippen molar-refractivity contribution in [3.05, 3.63) is 66.2 Å². The number of pyridine rings is 3. The molecule has 6 rings (SSSR count). The third-order valence-electron chi connectivity index (χ3n) is 7.13. The largest absolute Gasteiger partial charge is 0.378 e. The van der Waals surface area contributed by atoms with E-state index < -0.39 is 0 Å². The molecule has 1 N–H and O–H groups in total. The number of hydrogen-bond acceptors (Lipinski definition) is 8. The summed E-state index contributed by atoms with van der Waals surface area (Å²) >= 11 is 0. The molecule has 0 bridgehead atoms. The molecule has 0 spiro atoms. The minimum atomic E-state index is -0.328. The normalized spacial score (nSPS) is 18.1. The molecule has 1 aromatic carbocycles. The van der Waals surface area contributed by atoms with Gasteiger partial charge in [-0.05, 0) is 44.2 Å². The summed E-state index contributed by atoms with van der Waals surface area (Å²) in [4.78, 5) is 18.8. The first-order valence-corrected chi connectivity index (χ1v) is 13.0. The van der Waals surface area contributed by atoms with Gasteiger partial charge in [0.25, 0.3) is 0 Å². The van der Waals surface area contributed by atoms with Crippen molar-refractivity contribution in [2.45, 2.75) is 20.0 Å². The summed E-state index contributed by atoms with van der Waals surface area (Å²) in [6.07, 6.45) is 3.84. The fourth-order valence-corrected chi connectivity index (χ4v) is 5.17. The topological polar surface area (TPSA) is 75.6 Å². The van der Waals surface area contributed by atoms with Crippen molar-refractivity contribution in [3.63, 3.8) is 0 Å². The lowest BCUT2D eigenvalue weighted by molar-refractivity contribution is 0.0532. The van der Waals surface area contributed by atoms with Crippen LogP contribution in [0, 0.1) is 12.7 Å². The van der Waals surface area contributed by atoms with E-state index in [0.717, 1.165) is 65.7 Å². The highest BCUT2D eigenvalue weighted by molar-refractivity contribution is 5.98. The molecule has 2 aliphatic rings. The molecule has 0 radical (unpaired) electrons. The van der Waals surface area contributed by atoms with E-state index in [2.05, 4.69) is 33.1 Å². The molecule has 196 valence electrons. The summed E-state index contributed by atoms with van der Waals surface area (Å²) in [6, 6.07) is 12.6. The summed E-state index contributed by atoms with van der Waals surface area (Å²) in [6.45, 7) is 9.24. The predicted molar refractivity (Wildman–Crippen MR) is 148 cm³/mol. The third kappa shape index (κ3) is 4.87. The monoisotopic (exact) mass is 514 g/mol. The van der Waals surface area contributed by atoms with Gasteiger partial charge in [-0.3, -0.25) is 4.98 Å². The number of morpholine rings is 2. The van der Waals surface area contributed by atoms with Gasteiger partial charge in [-0.15, -0.1) is 0 Å². The molecule has 8 nitrogen and oxygen atoms in total. The van der Waals surface area contributed by atoms with Crippen LogP contribution in [0.15, 0.2) is 54.9 Å². The van der Waals surface area contributed by atoms with Crippen LogP contribution in [0.5, 0.6) is 0 Å². The van der Waals surface area contributed by atoms with E-state index in [9.17, 15) is 4.39 Å². The van der Waals surface area contributed by atoms with Gasteiger partial charge in [0.05, 0.1) is 66.1 Å². The van der Waals surface area contributed by atoms with Crippen LogP contribution in [0.25, 0.3) is 22.3 Å². The third-order valence-corrected chi connectivity index (χ3v) is 7.13. The van der Waals surface area contributed by atoms with Gasteiger partial charge in [0.1, 0.15) is 5.82 Å². The Hall–Kier alpha value is -3.82. The zero-order valence-corrected chi connectivity index (χ0v) is 21.7. The fraction of sp³-hybridized carbons (Fsp3) is 0.345. The average Bonchev–Trinajstić information content (AvgIpc) is 2.95. The molecular weight excluding hydrogens is 483 g/mol. The molecule has 3 aromatic heterocycles. The minimum Gasteiger partial charge on any atom is -0.378 e. The number of ether oxygens (including phenoxy) is 2. The summed E-state index contributed by atoms with van der Waals surface area (Å²) in [5.41, 5.74) is 5.73. The lowest BCUT2D eigenvalue weighted by Gasteiger charge is -2.34. The van der Waals surface area contributed by atoms with Crippen LogP contribution in [0.1, 0.15) is 12.5 Å². The number of nitrogens with one attached hydrogen (secondary N) is 1. The Bertz CT molecular complexity index is 1440. The first-order chi connectivity index (χ1) is 18.6. The maximum Gasteiger partial charge on any atom is 0.152 e. The van der Waals surface area contributed by atoms with Gasteiger partial charge in [0.2, 0.25) is 0 Å². The Morgan fingerprint density at radius 1 is 1.00 bits per heavy atom. The molecular formula is C29H31FN6O2. The van der Waals surface area contributed by atoms with Crippen LogP contribution in [0.4, 0.5) is 27.3 Å². The molecule has 0 amide bonds. The zero-order valence-electron chi connectivity index (χ0n) is 21.7. The molecule has 0 aliphatic carbocycles. The maximum absolute atomic E-state index is 14.3. The number of anilines is 4. The van der Waals surface area contributed by atoms with Gasteiger partial charge >= 0.3 is 0 Å². The molecule has 4 aromatic rings. The lowest BCUT2D eigenvalue weighted by atomic mass is 10.0. The Morgan fingerprint density at radius 2 is 1.84 bits per heavy atom. The van der Waals surface area contributed by atoms with Crippen molar-refractivity contribution in [1.29, 1.82) is 0 Å². The van der Waals surface area contributed by atoms with E-state index in [1.165, 1.54) is 12.1 Å². The Labute approximate surface area is 221 Å².